The smallest absolute Gasteiger partial charge is 0.344 e. The van der Waals surface area contributed by atoms with Gasteiger partial charge in [0.05, 0.1) is 5.39 Å². The number of nitrogens with one attached hydrogen (secondary N) is 1. The van der Waals surface area contributed by atoms with Crippen LogP contribution in [0.2, 0.25) is 0 Å². The minimum absolute atomic E-state index is 0.0326. The minimum atomic E-state index is -0.530. The lowest BCUT2D eigenvalue weighted by Gasteiger charge is -2.22. The first-order valence-corrected chi connectivity index (χ1v) is 8.97. The Labute approximate surface area is 155 Å². The van der Waals surface area contributed by atoms with E-state index >= 15 is 0 Å². The molecule has 27 heavy (non-hydrogen) atoms. The molecule has 0 fully saturated rings. The number of phenols is 1. The molecule has 3 aromatic rings. The van der Waals surface area contributed by atoms with Crippen LogP contribution < -0.4 is 10.9 Å². The summed E-state index contributed by atoms with van der Waals surface area (Å²) in [5.74, 6) is -0.181. The molecule has 6 nitrogen and oxygen atoms in total. The summed E-state index contributed by atoms with van der Waals surface area (Å²) in [4.78, 5) is 27.0. The summed E-state index contributed by atoms with van der Waals surface area (Å²) >= 11 is 0. The zero-order valence-electron chi connectivity index (χ0n) is 14.8. The molecule has 2 aromatic carbocycles. The Balaban J connectivity index is 1.55. The molecule has 0 bridgehead atoms. The van der Waals surface area contributed by atoms with E-state index in [1.165, 1.54) is 12.1 Å². The largest absolute Gasteiger partial charge is 0.508 e. The number of amides is 1. The standard InChI is InChI=1S/C21H20N2O4/c24-15-5-7-17-16-6-4-14(12-18(16)21(26)27-19(17)13-15)20(25)22-8-11-23-9-2-1-3-10-23/h1-2,4-7,12-13,24H,3,8-11H2,(H,22,25). The number of hydrogen-bond acceptors (Lipinski definition) is 5. The second-order valence-electron chi connectivity index (χ2n) is 6.65. The Morgan fingerprint density at radius 3 is 2.78 bits per heavy atom. The van der Waals surface area contributed by atoms with Crippen molar-refractivity contribution in [3.8, 4) is 5.75 Å². The molecule has 1 aliphatic rings. The highest BCUT2D eigenvalue weighted by Crippen LogP contribution is 2.26. The molecule has 0 saturated carbocycles. The molecule has 2 N–H and O–H groups in total. The third-order valence-corrected chi connectivity index (χ3v) is 4.82. The zero-order chi connectivity index (χ0) is 18.8. The highest BCUT2D eigenvalue weighted by atomic mass is 16.4. The summed E-state index contributed by atoms with van der Waals surface area (Å²) in [6.45, 7) is 3.26. The van der Waals surface area contributed by atoms with Gasteiger partial charge in [0.15, 0.2) is 0 Å². The Kier molecular flexibility index (Phi) is 4.64. The molecule has 0 saturated heterocycles. The van der Waals surface area contributed by atoms with Gasteiger partial charge in [-0.25, -0.2) is 4.79 Å². The van der Waals surface area contributed by atoms with E-state index in [4.69, 9.17) is 4.42 Å². The third-order valence-electron chi connectivity index (χ3n) is 4.82. The summed E-state index contributed by atoms with van der Waals surface area (Å²) in [5, 5.41) is 14.2. The van der Waals surface area contributed by atoms with Crippen molar-refractivity contribution in [3.05, 3.63) is 64.5 Å². The quantitative estimate of drug-likeness (QED) is 0.422. The molecular weight excluding hydrogens is 344 g/mol. The van der Waals surface area contributed by atoms with E-state index in [9.17, 15) is 14.7 Å². The molecule has 0 unspecified atom stereocenters. The lowest BCUT2D eigenvalue weighted by molar-refractivity contribution is 0.0949. The molecule has 6 heteroatoms. The van der Waals surface area contributed by atoms with E-state index in [1.54, 1.807) is 24.3 Å². The molecule has 0 aliphatic carbocycles. The van der Waals surface area contributed by atoms with Gasteiger partial charge in [-0.15, -0.1) is 0 Å². The number of rotatable bonds is 4. The predicted molar refractivity (Wildman–Crippen MR) is 104 cm³/mol. The first-order chi connectivity index (χ1) is 13.1. The van der Waals surface area contributed by atoms with Crippen LogP contribution in [0, 0.1) is 0 Å². The minimum Gasteiger partial charge on any atom is -0.508 e. The summed E-state index contributed by atoms with van der Waals surface area (Å²) < 4.78 is 5.29. The first-order valence-electron chi connectivity index (χ1n) is 8.97. The fourth-order valence-corrected chi connectivity index (χ4v) is 3.38. The molecule has 1 aliphatic heterocycles. The van der Waals surface area contributed by atoms with Gasteiger partial charge in [-0.1, -0.05) is 18.2 Å². The van der Waals surface area contributed by atoms with Crippen LogP contribution >= 0.6 is 0 Å². The molecule has 4 rings (SSSR count). The van der Waals surface area contributed by atoms with Crippen molar-refractivity contribution < 1.29 is 14.3 Å². The monoisotopic (exact) mass is 364 g/mol. The lowest BCUT2D eigenvalue weighted by atomic mass is 10.0. The summed E-state index contributed by atoms with van der Waals surface area (Å²) in [6.07, 6.45) is 5.35. The van der Waals surface area contributed by atoms with Crippen molar-refractivity contribution in [2.45, 2.75) is 6.42 Å². The molecule has 0 radical (unpaired) electrons. The molecule has 138 valence electrons. The van der Waals surface area contributed by atoms with Crippen LogP contribution in [-0.2, 0) is 0 Å². The Morgan fingerprint density at radius 2 is 1.96 bits per heavy atom. The average Bonchev–Trinajstić information content (AvgIpc) is 2.68. The van der Waals surface area contributed by atoms with Crippen molar-refractivity contribution in [1.29, 1.82) is 0 Å². The number of carbonyl (C=O) groups is 1. The fraction of sp³-hybridized carbons (Fsp3) is 0.238. The van der Waals surface area contributed by atoms with Crippen LogP contribution in [0.5, 0.6) is 5.75 Å². The van der Waals surface area contributed by atoms with Crippen LogP contribution in [0.25, 0.3) is 21.7 Å². The molecule has 1 aromatic heterocycles. The van der Waals surface area contributed by atoms with Gasteiger partial charge in [-0.2, -0.15) is 0 Å². The summed E-state index contributed by atoms with van der Waals surface area (Å²) in [6, 6.07) is 9.66. The second-order valence-corrected chi connectivity index (χ2v) is 6.65. The number of phenolic OH excluding ortho intramolecular Hbond substituents is 1. The average molecular weight is 364 g/mol. The van der Waals surface area contributed by atoms with E-state index in [2.05, 4.69) is 22.4 Å². The van der Waals surface area contributed by atoms with Gasteiger partial charge in [0, 0.05) is 43.2 Å². The topological polar surface area (TPSA) is 82.8 Å². The number of carbonyl (C=O) groups excluding carboxylic acids is 1. The van der Waals surface area contributed by atoms with E-state index in [-0.39, 0.29) is 11.7 Å². The normalized spacial score (nSPS) is 14.7. The zero-order valence-corrected chi connectivity index (χ0v) is 14.8. The number of benzene rings is 2. The van der Waals surface area contributed by atoms with Crippen LogP contribution in [0.1, 0.15) is 16.8 Å². The van der Waals surface area contributed by atoms with Crippen LogP contribution in [0.3, 0.4) is 0 Å². The molecule has 2 heterocycles. The van der Waals surface area contributed by atoms with Crippen LogP contribution in [0.4, 0.5) is 0 Å². The van der Waals surface area contributed by atoms with E-state index in [1.807, 2.05) is 0 Å². The Bertz CT molecular complexity index is 1100. The number of fused-ring (bicyclic) bond motifs is 3. The van der Waals surface area contributed by atoms with Gasteiger partial charge < -0.3 is 14.8 Å². The maximum absolute atomic E-state index is 12.4. The predicted octanol–water partition coefficient (Wildman–Crippen LogP) is 2.64. The van der Waals surface area contributed by atoms with E-state index < -0.39 is 5.63 Å². The summed E-state index contributed by atoms with van der Waals surface area (Å²) in [7, 11) is 0. The third kappa shape index (κ3) is 3.57. The van der Waals surface area contributed by atoms with Crippen LogP contribution in [0.15, 0.2) is 57.8 Å². The van der Waals surface area contributed by atoms with Crippen molar-refractivity contribution >= 4 is 27.6 Å². The Morgan fingerprint density at radius 1 is 1.11 bits per heavy atom. The molecule has 0 spiro atoms. The van der Waals surface area contributed by atoms with Gasteiger partial charge in [0.2, 0.25) is 0 Å². The fourth-order valence-electron chi connectivity index (χ4n) is 3.38. The SMILES string of the molecule is O=C(NCCN1CC=CCC1)c1ccc2c(c1)c(=O)oc1cc(O)ccc12. The van der Waals surface area contributed by atoms with Crippen LogP contribution in [-0.4, -0.2) is 42.1 Å². The number of aromatic hydroxyl groups is 1. The van der Waals surface area contributed by atoms with E-state index in [0.717, 1.165) is 26.1 Å². The van der Waals surface area contributed by atoms with Gasteiger partial charge in [-0.3, -0.25) is 9.69 Å². The molecule has 0 atom stereocenters. The highest BCUT2D eigenvalue weighted by Gasteiger charge is 2.13. The maximum atomic E-state index is 12.4. The lowest BCUT2D eigenvalue weighted by Crippen LogP contribution is -2.36. The van der Waals surface area contributed by atoms with Crippen molar-refractivity contribution in [1.82, 2.24) is 10.2 Å². The summed E-state index contributed by atoms with van der Waals surface area (Å²) in [5.41, 5.74) is 0.213. The van der Waals surface area contributed by atoms with E-state index in [0.29, 0.717) is 33.8 Å². The van der Waals surface area contributed by atoms with Gasteiger partial charge in [0.1, 0.15) is 11.3 Å². The maximum Gasteiger partial charge on any atom is 0.344 e. The second kappa shape index (κ2) is 7.25. The van der Waals surface area contributed by atoms with Crippen molar-refractivity contribution in [2.24, 2.45) is 0 Å². The van der Waals surface area contributed by atoms with Gasteiger partial charge in [0.25, 0.3) is 5.91 Å². The highest BCUT2D eigenvalue weighted by molar-refractivity contribution is 6.07. The molecular formula is C21H20N2O4. The van der Waals surface area contributed by atoms with Gasteiger partial charge >= 0.3 is 5.63 Å². The number of nitrogens with zero attached hydrogens (tertiary/aromatic N) is 1. The Hall–Kier alpha value is -3.12. The van der Waals surface area contributed by atoms with Crippen molar-refractivity contribution in [3.63, 3.8) is 0 Å². The first kappa shape index (κ1) is 17.3. The molecule has 1 amide bonds. The van der Waals surface area contributed by atoms with Crippen molar-refractivity contribution in [2.75, 3.05) is 26.2 Å². The van der Waals surface area contributed by atoms with Gasteiger partial charge in [-0.05, 0) is 36.1 Å². The number of hydrogen-bond donors (Lipinski definition) is 2.